The fourth-order valence-electron chi connectivity index (χ4n) is 6.45. The minimum Gasteiger partial charge on any atom is -0.492 e. The summed E-state index contributed by atoms with van der Waals surface area (Å²) in [4.78, 5) is 16.8. The Morgan fingerprint density at radius 3 is 2.54 bits per heavy atom. The molecular weight excluding hydrogens is 606 g/mol. The van der Waals surface area contributed by atoms with Crippen LogP contribution in [0.5, 0.6) is 0 Å². The third kappa shape index (κ3) is 9.68. The molecule has 46 heavy (non-hydrogen) atoms. The molecule has 2 heterocycles. The first kappa shape index (κ1) is 38.2. The number of likely N-dealkylation sites (N-methyl/N-ethyl adjacent to an activating group) is 1. The summed E-state index contributed by atoms with van der Waals surface area (Å²) in [5, 5.41) is 63.5. The van der Waals surface area contributed by atoms with Gasteiger partial charge in [0.15, 0.2) is 12.2 Å². The van der Waals surface area contributed by atoms with Crippen molar-refractivity contribution in [1.82, 2.24) is 16.0 Å². The van der Waals surface area contributed by atoms with Crippen LogP contribution in [0.4, 0.5) is 0 Å². The summed E-state index contributed by atoms with van der Waals surface area (Å²) in [5.41, 5.74) is 27.4. The zero-order valence-corrected chi connectivity index (χ0v) is 26.6. The van der Waals surface area contributed by atoms with E-state index in [0.717, 1.165) is 0 Å². The fourth-order valence-corrected chi connectivity index (χ4v) is 6.45. The number of hydrogen-bond donors (Lipinski definition) is 13. The molecule has 18 heteroatoms. The van der Waals surface area contributed by atoms with Crippen LogP contribution in [0.15, 0.2) is 16.8 Å². The van der Waals surface area contributed by atoms with Crippen LogP contribution in [0.2, 0.25) is 0 Å². The number of aliphatic hydroxyl groups excluding tert-OH is 4. The molecular formula is C28H55N9O9. The number of hydrogen-bond acceptors (Lipinski definition) is 15. The molecule has 2 fully saturated rings. The largest absolute Gasteiger partial charge is 0.492 e. The Labute approximate surface area is 269 Å². The molecule has 18 N–H and O–H groups in total. The molecule has 1 amide bonds. The van der Waals surface area contributed by atoms with Crippen molar-refractivity contribution in [2.75, 3.05) is 39.8 Å². The lowest BCUT2D eigenvalue weighted by atomic mass is 9.72. The van der Waals surface area contributed by atoms with Crippen LogP contribution in [-0.2, 0) is 19.0 Å². The second-order valence-electron chi connectivity index (χ2n) is 12.5. The summed E-state index contributed by atoms with van der Waals surface area (Å²) in [7, 11) is 1.57. The van der Waals surface area contributed by atoms with Crippen LogP contribution in [-0.4, -0.2) is 150 Å². The zero-order chi connectivity index (χ0) is 34.2. The van der Waals surface area contributed by atoms with Gasteiger partial charge in [0, 0.05) is 37.5 Å². The Morgan fingerprint density at radius 1 is 1.20 bits per heavy atom. The minimum absolute atomic E-state index is 0.00352. The van der Waals surface area contributed by atoms with Crippen LogP contribution < -0.4 is 44.6 Å². The van der Waals surface area contributed by atoms with Crippen LogP contribution in [0.3, 0.4) is 0 Å². The maximum Gasteiger partial charge on any atom is 0.249 e. The van der Waals surface area contributed by atoms with E-state index in [4.69, 9.17) is 42.9 Å². The van der Waals surface area contributed by atoms with Gasteiger partial charge in [-0.2, -0.15) is 0 Å². The van der Waals surface area contributed by atoms with Crippen molar-refractivity contribution in [1.29, 1.82) is 0 Å². The predicted molar refractivity (Wildman–Crippen MR) is 168 cm³/mol. The maximum atomic E-state index is 13.0. The van der Waals surface area contributed by atoms with Gasteiger partial charge in [-0.15, -0.1) is 0 Å². The number of nitrogens with two attached hydrogens (primary N) is 5. The van der Waals surface area contributed by atoms with Gasteiger partial charge >= 0.3 is 0 Å². The molecule has 0 aromatic carbocycles. The highest BCUT2D eigenvalue weighted by Gasteiger charge is 2.53. The zero-order valence-electron chi connectivity index (χ0n) is 26.6. The van der Waals surface area contributed by atoms with E-state index in [0.29, 0.717) is 25.1 Å². The topological polar surface area (TPSA) is 324 Å². The predicted octanol–water partition coefficient (Wildman–Crippen LogP) is -6.06. The third-order valence-electron chi connectivity index (χ3n) is 8.89. The molecule has 13 unspecified atom stereocenters. The van der Waals surface area contributed by atoms with Gasteiger partial charge in [-0.1, -0.05) is 0 Å². The van der Waals surface area contributed by atoms with Gasteiger partial charge in [0.05, 0.1) is 37.4 Å². The monoisotopic (exact) mass is 661 g/mol. The van der Waals surface area contributed by atoms with E-state index in [1.165, 1.54) is 6.92 Å². The molecule has 1 saturated carbocycles. The fraction of sp³-hybridized carbons (Fsp3) is 0.857. The lowest BCUT2D eigenvalue weighted by Crippen LogP contribution is -2.69. The Hall–Kier alpha value is -2.20. The molecule has 18 nitrogen and oxygen atoms in total. The smallest absolute Gasteiger partial charge is 0.249 e. The summed E-state index contributed by atoms with van der Waals surface area (Å²) in [6.07, 6.45) is -5.49. The third-order valence-corrected chi connectivity index (χ3v) is 8.89. The Bertz CT molecular complexity index is 1030. The highest BCUT2D eigenvalue weighted by molar-refractivity contribution is 5.81. The number of aliphatic imine (C=N–C) groups is 1. The number of aliphatic hydroxyl groups is 5. The van der Waals surface area contributed by atoms with Crippen molar-refractivity contribution >= 4 is 11.9 Å². The number of ether oxygens (including phenoxy) is 3. The van der Waals surface area contributed by atoms with Crippen LogP contribution in [0, 0.1) is 5.92 Å². The van der Waals surface area contributed by atoms with E-state index in [2.05, 4.69) is 20.9 Å². The van der Waals surface area contributed by atoms with Crippen LogP contribution in [0.1, 0.15) is 32.6 Å². The van der Waals surface area contributed by atoms with E-state index in [9.17, 15) is 30.3 Å². The van der Waals surface area contributed by atoms with E-state index in [1.807, 2.05) is 6.08 Å². The number of nitrogens with zero attached hydrogens (tertiary/aromatic N) is 1. The van der Waals surface area contributed by atoms with Crippen molar-refractivity contribution in [2.45, 2.75) is 105 Å². The van der Waals surface area contributed by atoms with Crippen LogP contribution >= 0.6 is 0 Å². The van der Waals surface area contributed by atoms with Crippen molar-refractivity contribution in [3.63, 3.8) is 0 Å². The van der Waals surface area contributed by atoms with Gasteiger partial charge < -0.3 is 84.4 Å². The quantitative estimate of drug-likeness (QED) is 0.0573. The van der Waals surface area contributed by atoms with Crippen molar-refractivity contribution in [3.05, 3.63) is 11.8 Å². The van der Waals surface area contributed by atoms with E-state index < -0.39 is 84.5 Å². The average molecular weight is 662 g/mol. The molecule has 13 atom stereocenters. The second-order valence-corrected chi connectivity index (χ2v) is 12.5. The molecule has 0 radical (unpaired) electrons. The lowest BCUT2D eigenvalue weighted by Gasteiger charge is -2.51. The number of rotatable bonds is 15. The maximum absolute atomic E-state index is 13.0. The highest BCUT2D eigenvalue weighted by Crippen LogP contribution is 2.37. The average Bonchev–Trinajstić information content (AvgIpc) is 2.99. The van der Waals surface area contributed by atoms with Gasteiger partial charge in [-0.05, 0) is 45.9 Å². The number of carbonyl (C=O) groups excluding carboxylic acids is 1. The molecule has 1 saturated heterocycles. The first-order valence-electron chi connectivity index (χ1n) is 15.7. The number of nitrogens with one attached hydrogen (secondary N) is 3. The SMILES string of the molecule is CNC1C(O)C(OC2C(NC(=O)C(O)CCN=C(N)N)CC(N)C(C3OC(CN)=CCC3NCC(O)CCN)C2O)OCC1(C)O. The normalized spacial score (nSPS) is 37.8. The summed E-state index contributed by atoms with van der Waals surface area (Å²) in [5.74, 6) is -1.23. The molecule has 0 aromatic rings. The molecule has 2 aliphatic heterocycles. The first-order chi connectivity index (χ1) is 21.7. The van der Waals surface area contributed by atoms with Crippen molar-refractivity contribution < 1.29 is 44.5 Å². The second kappa shape index (κ2) is 17.3. The van der Waals surface area contributed by atoms with Gasteiger partial charge in [-0.25, -0.2) is 0 Å². The highest BCUT2D eigenvalue weighted by atomic mass is 16.7. The van der Waals surface area contributed by atoms with Crippen molar-refractivity contribution in [3.8, 4) is 0 Å². The Kier molecular flexibility index (Phi) is 14.4. The van der Waals surface area contributed by atoms with E-state index >= 15 is 0 Å². The minimum atomic E-state index is -1.48. The molecule has 0 spiro atoms. The first-order valence-corrected chi connectivity index (χ1v) is 15.7. The van der Waals surface area contributed by atoms with Gasteiger partial charge in [-0.3, -0.25) is 9.79 Å². The molecule has 3 rings (SSSR count). The summed E-state index contributed by atoms with van der Waals surface area (Å²) in [6.45, 7) is 1.95. The van der Waals surface area contributed by atoms with Gasteiger partial charge in [0.25, 0.3) is 0 Å². The van der Waals surface area contributed by atoms with Crippen LogP contribution in [0.25, 0.3) is 0 Å². The number of guanidine groups is 1. The molecule has 3 aliphatic rings. The Morgan fingerprint density at radius 2 is 1.91 bits per heavy atom. The molecule has 266 valence electrons. The van der Waals surface area contributed by atoms with E-state index in [1.54, 1.807) is 7.05 Å². The standard InChI is InChI=1S/C28H55N9O9/c1-28(43)12-44-26(21(41)24(28)34-2)46-23-17(37-25(42)18(39)6-8-35-27(32)33)9-15(31)19(20(23)40)22-16(4-3-14(10-30)45-22)36-11-13(38)5-7-29/h3,13,15-24,26,34,36,38-41,43H,4-12,29-31H2,1-2H3,(H,37,42)(H4,32,33,35). The Balaban J connectivity index is 1.89. The number of carbonyl (C=O) groups is 1. The number of amides is 1. The van der Waals surface area contributed by atoms with Crippen molar-refractivity contribution in [2.24, 2.45) is 39.6 Å². The van der Waals surface area contributed by atoms with Gasteiger partial charge in [0.1, 0.15) is 35.8 Å². The van der Waals surface area contributed by atoms with E-state index in [-0.39, 0.29) is 45.0 Å². The molecule has 0 aromatic heterocycles. The molecule has 1 aliphatic carbocycles. The lowest BCUT2D eigenvalue weighted by molar-refractivity contribution is -0.297. The van der Waals surface area contributed by atoms with Gasteiger partial charge in [0.2, 0.25) is 5.91 Å². The summed E-state index contributed by atoms with van der Waals surface area (Å²) >= 11 is 0. The summed E-state index contributed by atoms with van der Waals surface area (Å²) < 4.78 is 18.2. The molecule has 0 bridgehead atoms. The summed E-state index contributed by atoms with van der Waals surface area (Å²) in [6, 6.07) is -2.92.